The van der Waals surface area contributed by atoms with Crippen LogP contribution in [-0.4, -0.2) is 9.85 Å². The zero-order valence-electron chi connectivity index (χ0n) is 9.88. The van der Waals surface area contributed by atoms with Crippen LogP contribution in [0.15, 0.2) is 6.07 Å². The molecule has 1 fully saturated rings. The highest BCUT2D eigenvalue weighted by Crippen LogP contribution is 2.58. The fourth-order valence-electron chi connectivity index (χ4n) is 3.62. The van der Waals surface area contributed by atoms with E-state index in [-0.39, 0.29) is 17.3 Å². The third kappa shape index (κ3) is 1.28. The molecule has 94 valence electrons. The maximum atomic E-state index is 11.2. The number of nitrogens with zero attached hydrogens (tertiary/aromatic N) is 2. The average molecular weight is 248 g/mol. The number of nitro groups is 2. The van der Waals surface area contributed by atoms with Gasteiger partial charge in [-0.2, -0.15) is 0 Å². The molecule has 1 aromatic carbocycles. The Labute approximate surface area is 103 Å². The van der Waals surface area contributed by atoms with Gasteiger partial charge in [0, 0.05) is 11.6 Å². The summed E-state index contributed by atoms with van der Waals surface area (Å²) in [5.41, 5.74) is 1.85. The van der Waals surface area contributed by atoms with E-state index in [1.807, 2.05) is 6.92 Å². The molecule has 2 atom stereocenters. The molecular weight excluding hydrogens is 236 g/mol. The van der Waals surface area contributed by atoms with E-state index in [0.717, 1.165) is 30.4 Å². The first-order chi connectivity index (χ1) is 8.50. The Morgan fingerprint density at radius 3 is 2.28 bits per heavy atom. The highest BCUT2D eigenvalue weighted by molar-refractivity contribution is 5.67. The maximum absolute atomic E-state index is 11.2. The van der Waals surface area contributed by atoms with Gasteiger partial charge in [-0.15, -0.1) is 0 Å². The second-order valence-electron chi connectivity index (χ2n) is 5.11. The van der Waals surface area contributed by atoms with Crippen molar-refractivity contribution in [1.82, 2.24) is 0 Å². The van der Waals surface area contributed by atoms with Crippen molar-refractivity contribution in [2.75, 3.05) is 0 Å². The predicted molar refractivity (Wildman–Crippen MR) is 63.8 cm³/mol. The van der Waals surface area contributed by atoms with Gasteiger partial charge in [0.25, 0.3) is 0 Å². The summed E-state index contributed by atoms with van der Waals surface area (Å²) in [5.74, 6) is 0.508. The van der Waals surface area contributed by atoms with Crippen LogP contribution in [0, 0.1) is 27.2 Å². The molecule has 2 aliphatic rings. The van der Waals surface area contributed by atoms with Gasteiger partial charge in [0.15, 0.2) is 0 Å². The lowest BCUT2D eigenvalue weighted by molar-refractivity contribution is -0.423. The Hall–Kier alpha value is -1.98. The van der Waals surface area contributed by atoms with Crippen molar-refractivity contribution in [3.05, 3.63) is 43.0 Å². The molecule has 0 aliphatic heterocycles. The third-order valence-electron chi connectivity index (χ3n) is 4.19. The molecule has 3 rings (SSSR count). The van der Waals surface area contributed by atoms with Gasteiger partial charge in [-0.05, 0) is 49.1 Å². The highest BCUT2D eigenvalue weighted by atomic mass is 16.6. The van der Waals surface area contributed by atoms with E-state index in [4.69, 9.17) is 0 Å². The van der Waals surface area contributed by atoms with Crippen LogP contribution in [0.4, 0.5) is 11.4 Å². The number of fused-ring (bicyclic) bond motifs is 5. The molecule has 0 N–H and O–H groups in total. The minimum atomic E-state index is -0.641. The lowest BCUT2D eigenvalue weighted by Gasteiger charge is -2.17. The summed E-state index contributed by atoms with van der Waals surface area (Å²) < 4.78 is 0. The molecule has 0 heterocycles. The monoisotopic (exact) mass is 248 g/mol. The lowest BCUT2D eigenvalue weighted by atomic mass is 9.87. The smallest absolute Gasteiger partial charge is 0.258 e. The van der Waals surface area contributed by atoms with Gasteiger partial charge in [-0.1, -0.05) is 0 Å². The van der Waals surface area contributed by atoms with Crippen LogP contribution in [0.3, 0.4) is 0 Å². The zero-order chi connectivity index (χ0) is 13.0. The van der Waals surface area contributed by atoms with E-state index in [0.29, 0.717) is 11.5 Å². The summed E-state index contributed by atoms with van der Waals surface area (Å²) in [6, 6.07) is 1.36. The predicted octanol–water partition coefficient (Wildman–Crippen LogP) is 3.18. The van der Waals surface area contributed by atoms with Crippen LogP contribution in [0.1, 0.15) is 47.8 Å². The van der Waals surface area contributed by atoms with E-state index >= 15 is 0 Å². The number of hydrogen-bond donors (Lipinski definition) is 0. The van der Waals surface area contributed by atoms with E-state index in [9.17, 15) is 20.2 Å². The molecule has 2 aliphatic carbocycles. The minimum Gasteiger partial charge on any atom is -0.258 e. The van der Waals surface area contributed by atoms with Crippen LogP contribution >= 0.6 is 0 Å². The van der Waals surface area contributed by atoms with Crippen LogP contribution < -0.4 is 0 Å². The quantitative estimate of drug-likeness (QED) is 0.594. The first kappa shape index (κ1) is 11.1. The molecule has 18 heavy (non-hydrogen) atoms. The van der Waals surface area contributed by atoms with Crippen molar-refractivity contribution in [1.29, 1.82) is 0 Å². The number of aryl methyl sites for hydroxylation is 1. The van der Waals surface area contributed by atoms with Crippen LogP contribution in [-0.2, 0) is 0 Å². The first-order valence-corrected chi connectivity index (χ1v) is 5.97. The minimum absolute atomic E-state index is 0.143. The number of benzene rings is 1. The van der Waals surface area contributed by atoms with Gasteiger partial charge >= 0.3 is 11.4 Å². The molecule has 0 radical (unpaired) electrons. The molecule has 0 aromatic heterocycles. The Kier molecular flexibility index (Phi) is 2.17. The Morgan fingerprint density at radius 1 is 1.11 bits per heavy atom. The van der Waals surface area contributed by atoms with Crippen molar-refractivity contribution >= 4 is 11.4 Å². The molecule has 0 amide bonds. The van der Waals surface area contributed by atoms with Gasteiger partial charge in [0.2, 0.25) is 0 Å². The summed E-state index contributed by atoms with van der Waals surface area (Å²) in [6.45, 7) is 1.82. The second-order valence-corrected chi connectivity index (χ2v) is 5.11. The van der Waals surface area contributed by atoms with Gasteiger partial charge in [-0.3, -0.25) is 20.2 Å². The molecule has 0 spiro atoms. The van der Waals surface area contributed by atoms with E-state index in [2.05, 4.69) is 0 Å². The molecule has 2 unspecified atom stereocenters. The van der Waals surface area contributed by atoms with Crippen molar-refractivity contribution < 1.29 is 9.85 Å². The topological polar surface area (TPSA) is 86.3 Å². The highest BCUT2D eigenvalue weighted by Gasteiger charge is 2.46. The lowest BCUT2D eigenvalue weighted by Crippen LogP contribution is -2.08. The van der Waals surface area contributed by atoms with Crippen molar-refractivity contribution in [2.45, 2.75) is 38.0 Å². The maximum Gasteiger partial charge on any atom is 0.349 e. The fraction of sp³-hybridized carbons (Fsp3) is 0.500. The van der Waals surface area contributed by atoms with E-state index in [1.165, 1.54) is 6.07 Å². The summed E-state index contributed by atoms with van der Waals surface area (Å²) in [7, 11) is 0. The Balaban J connectivity index is 2.35. The normalized spacial score (nSPS) is 24.1. The van der Waals surface area contributed by atoms with Gasteiger partial charge in [-0.25, -0.2) is 0 Å². The van der Waals surface area contributed by atoms with Gasteiger partial charge in [0.05, 0.1) is 9.85 Å². The van der Waals surface area contributed by atoms with Crippen molar-refractivity contribution in [2.24, 2.45) is 0 Å². The SMILES string of the molecule is Cc1cc([N+](=O)[O-])c([N+](=O)[O-])c2c1C1CCC2C1. The molecule has 2 bridgehead atoms. The second kappa shape index (κ2) is 3.51. The van der Waals surface area contributed by atoms with Crippen molar-refractivity contribution in [3.8, 4) is 0 Å². The van der Waals surface area contributed by atoms with Crippen LogP contribution in [0.5, 0.6) is 0 Å². The number of rotatable bonds is 2. The molecule has 6 heteroatoms. The Morgan fingerprint density at radius 2 is 1.72 bits per heavy atom. The first-order valence-electron chi connectivity index (χ1n) is 5.97. The summed E-state index contributed by atoms with van der Waals surface area (Å²) >= 11 is 0. The number of nitro benzene ring substituents is 2. The summed E-state index contributed by atoms with van der Waals surface area (Å²) in [6.07, 6.45) is 2.88. The molecule has 0 saturated heterocycles. The molecular formula is C12H12N2O4. The molecule has 1 saturated carbocycles. The van der Waals surface area contributed by atoms with E-state index in [1.54, 1.807) is 0 Å². The fourth-order valence-corrected chi connectivity index (χ4v) is 3.62. The van der Waals surface area contributed by atoms with E-state index < -0.39 is 9.85 Å². The average Bonchev–Trinajstić information content (AvgIpc) is 2.88. The third-order valence-corrected chi connectivity index (χ3v) is 4.19. The Bertz CT molecular complexity index is 582. The molecule has 1 aromatic rings. The standard InChI is InChI=1S/C12H12N2O4/c1-6-4-9(13(15)16)12(14(17)18)11-8-3-2-7(5-8)10(6)11/h4,7-8H,2-3,5H2,1H3. The largest absolute Gasteiger partial charge is 0.349 e. The summed E-state index contributed by atoms with van der Waals surface area (Å²) in [5, 5.41) is 22.2. The van der Waals surface area contributed by atoms with Gasteiger partial charge in [0.1, 0.15) is 0 Å². The van der Waals surface area contributed by atoms with Gasteiger partial charge < -0.3 is 0 Å². The van der Waals surface area contributed by atoms with Crippen LogP contribution in [0.25, 0.3) is 0 Å². The molecule has 6 nitrogen and oxygen atoms in total. The van der Waals surface area contributed by atoms with Crippen molar-refractivity contribution in [3.63, 3.8) is 0 Å². The zero-order valence-corrected chi connectivity index (χ0v) is 9.88. The van der Waals surface area contributed by atoms with Crippen LogP contribution in [0.2, 0.25) is 0 Å². The summed E-state index contributed by atoms with van der Waals surface area (Å²) in [4.78, 5) is 20.9. The number of hydrogen-bond acceptors (Lipinski definition) is 4.